The highest BCUT2D eigenvalue weighted by Gasteiger charge is 2.13. The van der Waals surface area contributed by atoms with Crippen LogP contribution < -0.4 is 10.1 Å². The zero-order chi connectivity index (χ0) is 18.7. The lowest BCUT2D eigenvalue weighted by molar-refractivity contribution is 0.0918. The van der Waals surface area contributed by atoms with Crippen LogP contribution in [0, 0.1) is 12.7 Å². The summed E-state index contributed by atoms with van der Waals surface area (Å²) in [7, 11) is 1.84. The molecule has 0 saturated heterocycles. The monoisotopic (exact) mass is 377 g/mol. The molecule has 1 amide bonds. The number of rotatable bonds is 6. The predicted octanol–water partition coefficient (Wildman–Crippen LogP) is 3.62. The number of amides is 1. The number of benzene rings is 1. The molecular weight excluding hydrogens is 361 g/mol. The van der Waals surface area contributed by atoms with Crippen LogP contribution in [0.4, 0.5) is 4.39 Å². The molecule has 8 heteroatoms. The lowest BCUT2D eigenvalue weighted by Gasteiger charge is -2.06. The molecule has 1 aromatic carbocycles. The van der Waals surface area contributed by atoms with Gasteiger partial charge in [0.2, 0.25) is 0 Å². The van der Waals surface area contributed by atoms with E-state index >= 15 is 0 Å². The molecule has 0 atom stereocenters. The van der Waals surface area contributed by atoms with E-state index in [1.54, 1.807) is 16.8 Å². The maximum absolute atomic E-state index is 13.0. The minimum atomic E-state index is -0.442. The first-order valence-corrected chi connectivity index (χ1v) is 8.24. The molecule has 6 nitrogen and oxygen atoms in total. The summed E-state index contributed by atoms with van der Waals surface area (Å²) in [6.07, 6.45) is 0. The van der Waals surface area contributed by atoms with Gasteiger partial charge in [0.1, 0.15) is 23.9 Å². The summed E-state index contributed by atoms with van der Waals surface area (Å²) < 4.78 is 25.7. The molecule has 0 aliphatic rings. The molecule has 0 aliphatic carbocycles. The minimum Gasteiger partial charge on any atom is -0.484 e. The molecule has 0 bridgehead atoms. The number of nitrogens with one attached hydrogen (secondary N) is 1. The van der Waals surface area contributed by atoms with E-state index in [0.29, 0.717) is 18.1 Å². The van der Waals surface area contributed by atoms with E-state index in [4.69, 9.17) is 20.8 Å². The number of aryl methyl sites for hydroxylation is 2. The maximum Gasteiger partial charge on any atom is 0.287 e. The summed E-state index contributed by atoms with van der Waals surface area (Å²) in [4.78, 5) is 12.1. The Morgan fingerprint density at radius 1 is 1.35 bits per heavy atom. The number of nitrogens with zero attached hydrogens (tertiary/aromatic N) is 2. The first-order valence-electron chi connectivity index (χ1n) is 7.86. The zero-order valence-electron chi connectivity index (χ0n) is 14.3. The van der Waals surface area contributed by atoms with Gasteiger partial charge < -0.3 is 14.5 Å². The van der Waals surface area contributed by atoms with E-state index in [9.17, 15) is 9.18 Å². The van der Waals surface area contributed by atoms with Crippen molar-refractivity contribution in [3.63, 3.8) is 0 Å². The van der Waals surface area contributed by atoms with Crippen molar-refractivity contribution in [1.82, 2.24) is 15.1 Å². The van der Waals surface area contributed by atoms with Gasteiger partial charge >= 0.3 is 0 Å². The fourth-order valence-electron chi connectivity index (χ4n) is 2.30. The van der Waals surface area contributed by atoms with Gasteiger partial charge in [0, 0.05) is 12.7 Å². The largest absolute Gasteiger partial charge is 0.484 e. The number of halogens is 2. The number of carbonyl (C=O) groups excluding carboxylic acids is 1. The number of hydrogen-bond donors (Lipinski definition) is 1. The van der Waals surface area contributed by atoms with Gasteiger partial charge in [0.05, 0.1) is 17.3 Å². The number of ether oxygens (including phenoxy) is 1. The van der Waals surface area contributed by atoms with Gasteiger partial charge in [-0.05, 0) is 43.3 Å². The van der Waals surface area contributed by atoms with Crippen LogP contribution in [-0.4, -0.2) is 15.7 Å². The topological polar surface area (TPSA) is 69.3 Å². The van der Waals surface area contributed by atoms with Crippen molar-refractivity contribution in [2.24, 2.45) is 7.05 Å². The second-order valence-corrected chi connectivity index (χ2v) is 6.12. The summed E-state index contributed by atoms with van der Waals surface area (Å²) in [5, 5.41) is 7.18. The Morgan fingerprint density at radius 3 is 2.85 bits per heavy atom. The molecule has 1 N–H and O–H groups in total. The number of hydrogen-bond acceptors (Lipinski definition) is 4. The Bertz CT molecular complexity index is 916. The third kappa shape index (κ3) is 4.23. The SMILES string of the molecule is Cc1cc(CNC(=O)c2ccc(COc3ccc(F)cc3Cl)o2)nn1C. The second-order valence-electron chi connectivity index (χ2n) is 5.71. The molecule has 0 fully saturated rings. The van der Waals surface area contributed by atoms with E-state index in [1.165, 1.54) is 12.1 Å². The summed E-state index contributed by atoms with van der Waals surface area (Å²) in [5.41, 5.74) is 1.77. The van der Waals surface area contributed by atoms with Crippen molar-refractivity contribution in [3.8, 4) is 5.75 Å². The standard InChI is InChI=1S/C18H17ClFN3O3/c1-11-7-13(22-23(11)2)9-21-18(24)17-6-4-14(26-17)10-25-16-5-3-12(20)8-15(16)19/h3-8H,9-10H2,1-2H3,(H,21,24). The van der Waals surface area contributed by atoms with Crippen molar-refractivity contribution < 1.29 is 18.3 Å². The summed E-state index contributed by atoms with van der Waals surface area (Å²) >= 11 is 5.90. The van der Waals surface area contributed by atoms with Gasteiger partial charge in [-0.2, -0.15) is 5.10 Å². The quantitative estimate of drug-likeness (QED) is 0.712. The average Bonchev–Trinajstić information content (AvgIpc) is 3.19. The smallest absolute Gasteiger partial charge is 0.287 e. The van der Waals surface area contributed by atoms with Crippen LogP contribution in [0.3, 0.4) is 0 Å². The Kier molecular flexibility index (Phi) is 5.27. The highest BCUT2D eigenvalue weighted by Crippen LogP contribution is 2.26. The average molecular weight is 378 g/mol. The normalized spacial score (nSPS) is 10.8. The number of aromatic nitrogens is 2. The molecule has 2 aromatic heterocycles. The third-order valence-electron chi connectivity index (χ3n) is 3.74. The van der Waals surface area contributed by atoms with Crippen LogP contribution in [0.1, 0.15) is 27.7 Å². The van der Waals surface area contributed by atoms with Gasteiger partial charge in [-0.3, -0.25) is 9.48 Å². The first-order chi connectivity index (χ1) is 12.4. The van der Waals surface area contributed by atoms with Gasteiger partial charge in [0.25, 0.3) is 5.91 Å². The summed E-state index contributed by atoms with van der Waals surface area (Å²) in [6.45, 7) is 2.31. The molecule has 0 unspecified atom stereocenters. The predicted molar refractivity (Wildman–Crippen MR) is 93.6 cm³/mol. The van der Waals surface area contributed by atoms with Gasteiger partial charge in [-0.25, -0.2) is 4.39 Å². The van der Waals surface area contributed by atoms with Crippen LogP contribution >= 0.6 is 11.6 Å². The molecule has 2 heterocycles. The van der Waals surface area contributed by atoms with Gasteiger partial charge in [-0.1, -0.05) is 11.6 Å². The molecule has 3 aromatic rings. The van der Waals surface area contributed by atoms with E-state index in [2.05, 4.69) is 10.4 Å². The van der Waals surface area contributed by atoms with Crippen LogP contribution in [0.5, 0.6) is 5.75 Å². The van der Waals surface area contributed by atoms with Gasteiger partial charge in [0.15, 0.2) is 5.76 Å². The van der Waals surface area contributed by atoms with Crippen molar-refractivity contribution in [1.29, 1.82) is 0 Å². The van der Waals surface area contributed by atoms with E-state index < -0.39 is 5.82 Å². The van der Waals surface area contributed by atoms with E-state index in [0.717, 1.165) is 17.5 Å². The van der Waals surface area contributed by atoms with E-state index in [1.807, 2.05) is 20.0 Å². The summed E-state index contributed by atoms with van der Waals surface area (Å²) in [5.74, 6) is 0.161. The van der Waals surface area contributed by atoms with Crippen LogP contribution in [-0.2, 0) is 20.2 Å². The maximum atomic E-state index is 13.0. The number of furan rings is 1. The first kappa shape index (κ1) is 18.0. The Balaban J connectivity index is 1.55. The molecule has 136 valence electrons. The van der Waals surface area contributed by atoms with Crippen molar-refractivity contribution in [2.45, 2.75) is 20.1 Å². The highest BCUT2D eigenvalue weighted by molar-refractivity contribution is 6.32. The Hall–Kier alpha value is -2.80. The zero-order valence-corrected chi connectivity index (χ0v) is 15.0. The highest BCUT2D eigenvalue weighted by atomic mass is 35.5. The fourth-order valence-corrected chi connectivity index (χ4v) is 2.52. The molecule has 0 saturated carbocycles. The number of carbonyl (C=O) groups is 1. The van der Waals surface area contributed by atoms with Crippen LogP contribution in [0.15, 0.2) is 40.8 Å². The Labute approximate surface area is 154 Å². The van der Waals surface area contributed by atoms with E-state index in [-0.39, 0.29) is 23.3 Å². The lowest BCUT2D eigenvalue weighted by Crippen LogP contribution is -2.22. The third-order valence-corrected chi connectivity index (χ3v) is 4.04. The van der Waals surface area contributed by atoms with Crippen LogP contribution in [0.2, 0.25) is 5.02 Å². The molecule has 3 rings (SSSR count). The molecule has 0 aliphatic heterocycles. The molecule has 0 spiro atoms. The molecule has 26 heavy (non-hydrogen) atoms. The molecule has 0 radical (unpaired) electrons. The van der Waals surface area contributed by atoms with Crippen molar-refractivity contribution in [3.05, 3.63) is 70.1 Å². The fraction of sp³-hybridized carbons (Fsp3) is 0.222. The Morgan fingerprint density at radius 2 is 2.15 bits per heavy atom. The van der Waals surface area contributed by atoms with Crippen molar-refractivity contribution >= 4 is 17.5 Å². The van der Waals surface area contributed by atoms with Gasteiger partial charge in [-0.15, -0.1) is 0 Å². The molecular formula is C18H17ClFN3O3. The second kappa shape index (κ2) is 7.61. The lowest BCUT2D eigenvalue weighted by atomic mass is 10.3. The summed E-state index contributed by atoms with van der Waals surface area (Å²) in [6, 6.07) is 8.94. The van der Waals surface area contributed by atoms with Crippen molar-refractivity contribution in [2.75, 3.05) is 0 Å². The minimum absolute atomic E-state index is 0.0675. The van der Waals surface area contributed by atoms with Crippen LogP contribution in [0.25, 0.3) is 0 Å².